The van der Waals surface area contributed by atoms with Gasteiger partial charge in [-0.2, -0.15) is 0 Å². The molecule has 5 heteroatoms. The van der Waals surface area contributed by atoms with Crippen LogP contribution < -0.4 is 0 Å². The predicted octanol–water partition coefficient (Wildman–Crippen LogP) is 1.69. The molecule has 1 heterocycles. The fourth-order valence-corrected chi connectivity index (χ4v) is 2.04. The van der Waals surface area contributed by atoms with E-state index in [9.17, 15) is 9.59 Å². The smallest absolute Gasteiger partial charge is 0.404 e. The molecular formula is C14H18N2O3. The number of likely N-dealkylation sites (N-methyl/N-ethyl adjacent to an activating group) is 2. The standard InChI is InChI=1S/C14H18N2O3/c1-4-16-13(17)12(19-14(16)18)9-10-5-7-11(8-6-10)15(2)3/h5-7,9,11H,4,8H2,1-3H3/b12-9+. The van der Waals surface area contributed by atoms with Gasteiger partial charge in [-0.25, -0.2) is 9.69 Å². The molecule has 1 unspecified atom stereocenters. The van der Waals surface area contributed by atoms with Crippen LogP contribution in [0.3, 0.4) is 0 Å². The number of rotatable bonds is 3. The lowest BCUT2D eigenvalue weighted by Crippen LogP contribution is -2.28. The van der Waals surface area contributed by atoms with E-state index >= 15 is 0 Å². The number of allylic oxidation sites excluding steroid dienone is 3. The highest BCUT2D eigenvalue weighted by Crippen LogP contribution is 2.21. The molecule has 1 aliphatic carbocycles. The van der Waals surface area contributed by atoms with Crippen LogP contribution in [0.25, 0.3) is 0 Å². The molecule has 2 rings (SSSR count). The van der Waals surface area contributed by atoms with Gasteiger partial charge >= 0.3 is 6.09 Å². The molecule has 0 saturated carbocycles. The minimum absolute atomic E-state index is 0.103. The molecule has 0 aromatic carbocycles. The number of ether oxygens (including phenoxy) is 1. The van der Waals surface area contributed by atoms with E-state index in [4.69, 9.17) is 4.74 Å². The molecule has 0 bridgehead atoms. The number of carbonyl (C=O) groups is 2. The second-order valence-electron chi connectivity index (χ2n) is 4.76. The Morgan fingerprint density at radius 1 is 1.47 bits per heavy atom. The van der Waals surface area contributed by atoms with Crippen molar-refractivity contribution in [2.75, 3.05) is 20.6 Å². The molecule has 0 aromatic heterocycles. The second kappa shape index (κ2) is 5.40. The number of hydrogen-bond donors (Lipinski definition) is 0. The van der Waals surface area contributed by atoms with E-state index < -0.39 is 6.09 Å². The molecule has 0 radical (unpaired) electrons. The first-order chi connectivity index (χ1) is 9.02. The molecule has 19 heavy (non-hydrogen) atoms. The zero-order chi connectivity index (χ0) is 14.0. The van der Waals surface area contributed by atoms with Gasteiger partial charge in [0.1, 0.15) is 0 Å². The summed E-state index contributed by atoms with van der Waals surface area (Å²) in [6.45, 7) is 2.07. The quantitative estimate of drug-likeness (QED) is 0.726. The predicted molar refractivity (Wildman–Crippen MR) is 71.3 cm³/mol. The van der Waals surface area contributed by atoms with E-state index in [1.54, 1.807) is 13.0 Å². The van der Waals surface area contributed by atoms with E-state index in [2.05, 4.69) is 11.0 Å². The number of amides is 2. The van der Waals surface area contributed by atoms with Gasteiger partial charge in [0.25, 0.3) is 5.91 Å². The van der Waals surface area contributed by atoms with Gasteiger partial charge < -0.3 is 9.64 Å². The average molecular weight is 262 g/mol. The fourth-order valence-electron chi connectivity index (χ4n) is 2.04. The van der Waals surface area contributed by atoms with Gasteiger partial charge in [0.15, 0.2) is 5.76 Å². The van der Waals surface area contributed by atoms with Gasteiger partial charge in [-0.05, 0) is 39.1 Å². The van der Waals surface area contributed by atoms with Crippen LogP contribution in [0, 0.1) is 0 Å². The molecule has 0 spiro atoms. The van der Waals surface area contributed by atoms with Crippen LogP contribution >= 0.6 is 0 Å². The molecule has 0 aromatic rings. The molecule has 2 aliphatic rings. The number of nitrogens with zero attached hydrogens (tertiary/aromatic N) is 2. The summed E-state index contributed by atoms with van der Waals surface area (Å²) in [6, 6.07) is 0.371. The van der Waals surface area contributed by atoms with Crippen molar-refractivity contribution < 1.29 is 14.3 Å². The largest absolute Gasteiger partial charge is 0.422 e. The van der Waals surface area contributed by atoms with Crippen molar-refractivity contribution in [3.8, 4) is 0 Å². The van der Waals surface area contributed by atoms with Crippen molar-refractivity contribution in [2.24, 2.45) is 0 Å². The summed E-state index contributed by atoms with van der Waals surface area (Å²) in [5.41, 5.74) is 0.896. The van der Waals surface area contributed by atoms with Gasteiger partial charge in [0, 0.05) is 12.6 Å². The van der Waals surface area contributed by atoms with Gasteiger partial charge in [0.05, 0.1) is 0 Å². The third-order valence-electron chi connectivity index (χ3n) is 3.26. The maximum atomic E-state index is 11.8. The van der Waals surface area contributed by atoms with Gasteiger partial charge in [-0.3, -0.25) is 4.79 Å². The number of carbonyl (C=O) groups excluding carboxylic acids is 2. The third kappa shape index (κ3) is 2.76. The minimum atomic E-state index is -0.592. The van der Waals surface area contributed by atoms with Gasteiger partial charge in [-0.1, -0.05) is 18.2 Å². The molecule has 1 fully saturated rings. The molecule has 102 valence electrons. The van der Waals surface area contributed by atoms with Crippen molar-refractivity contribution in [3.05, 3.63) is 35.6 Å². The highest BCUT2D eigenvalue weighted by molar-refractivity contribution is 6.07. The first-order valence-electron chi connectivity index (χ1n) is 6.33. The first kappa shape index (κ1) is 13.5. The Morgan fingerprint density at radius 2 is 2.21 bits per heavy atom. The second-order valence-corrected chi connectivity index (χ2v) is 4.76. The van der Waals surface area contributed by atoms with E-state index in [1.807, 2.05) is 26.2 Å². The minimum Gasteiger partial charge on any atom is -0.404 e. The lowest BCUT2D eigenvalue weighted by Gasteiger charge is -2.22. The maximum absolute atomic E-state index is 11.8. The SMILES string of the molecule is CCN1C(=O)O/C(=C/C2=CCC(N(C)C)C=C2)C1=O. The Balaban J connectivity index is 2.10. The highest BCUT2D eigenvalue weighted by atomic mass is 16.6. The van der Waals surface area contributed by atoms with Gasteiger partial charge in [0.2, 0.25) is 0 Å². The summed E-state index contributed by atoms with van der Waals surface area (Å²) in [4.78, 5) is 26.5. The Morgan fingerprint density at radius 3 is 2.68 bits per heavy atom. The van der Waals surface area contributed by atoms with Crippen molar-refractivity contribution in [1.29, 1.82) is 0 Å². The Kier molecular flexibility index (Phi) is 3.85. The lowest BCUT2D eigenvalue weighted by atomic mass is 10.0. The summed E-state index contributed by atoms with van der Waals surface area (Å²) in [5, 5.41) is 0. The summed E-state index contributed by atoms with van der Waals surface area (Å²) < 4.78 is 4.97. The molecule has 5 nitrogen and oxygen atoms in total. The van der Waals surface area contributed by atoms with Crippen molar-refractivity contribution in [2.45, 2.75) is 19.4 Å². The number of cyclic esters (lactones) is 1. The highest BCUT2D eigenvalue weighted by Gasteiger charge is 2.35. The van der Waals surface area contributed by atoms with Crippen LogP contribution in [-0.2, 0) is 9.53 Å². The zero-order valence-electron chi connectivity index (χ0n) is 11.4. The van der Waals surface area contributed by atoms with E-state index in [0.717, 1.165) is 16.9 Å². The first-order valence-corrected chi connectivity index (χ1v) is 6.33. The van der Waals surface area contributed by atoms with Crippen molar-refractivity contribution in [3.63, 3.8) is 0 Å². The average Bonchev–Trinajstić information content (AvgIpc) is 2.64. The summed E-state index contributed by atoms with van der Waals surface area (Å²) in [7, 11) is 4.04. The zero-order valence-corrected chi connectivity index (χ0v) is 11.4. The Labute approximate surface area is 112 Å². The van der Waals surface area contributed by atoms with Crippen LogP contribution in [-0.4, -0.2) is 48.5 Å². The summed E-state index contributed by atoms with van der Waals surface area (Å²) in [5.74, 6) is -0.261. The van der Waals surface area contributed by atoms with E-state index in [-0.39, 0.29) is 11.7 Å². The van der Waals surface area contributed by atoms with Crippen LogP contribution in [0.2, 0.25) is 0 Å². The molecular weight excluding hydrogens is 244 g/mol. The summed E-state index contributed by atoms with van der Waals surface area (Å²) >= 11 is 0. The van der Waals surface area contributed by atoms with Crippen LogP contribution in [0.15, 0.2) is 35.6 Å². The molecule has 2 amide bonds. The van der Waals surface area contributed by atoms with Crippen LogP contribution in [0.5, 0.6) is 0 Å². The Hall–Kier alpha value is -1.88. The molecule has 1 atom stereocenters. The normalized spacial score (nSPS) is 25.3. The molecule has 1 saturated heterocycles. The van der Waals surface area contributed by atoms with Crippen molar-refractivity contribution in [1.82, 2.24) is 9.80 Å². The number of hydrogen-bond acceptors (Lipinski definition) is 4. The fraction of sp³-hybridized carbons (Fsp3) is 0.429. The molecule has 0 N–H and O–H groups in total. The summed E-state index contributed by atoms with van der Waals surface area (Å²) in [6.07, 6.45) is 7.96. The van der Waals surface area contributed by atoms with Crippen LogP contribution in [0.4, 0.5) is 4.79 Å². The maximum Gasteiger partial charge on any atom is 0.422 e. The molecule has 1 aliphatic heterocycles. The monoisotopic (exact) mass is 262 g/mol. The van der Waals surface area contributed by atoms with Gasteiger partial charge in [-0.15, -0.1) is 0 Å². The van der Waals surface area contributed by atoms with E-state index in [0.29, 0.717) is 12.6 Å². The topological polar surface area (TPSA) is 49.9 Å². The Bertz CT molecular complexity index is 489. The lowest BCUT2D eigenvalue weighted by molar-refractivity contribution is -0.123. The number of imide groups is 1. The van der Waals surface area contributed by atoms with Crippen molar-refractivity contribution >= 4 is 12.0 Å². The van der Waals surface area contributed by atoms with E-state index in [1.165, 1.54) is 0 Å². The van der Waals surface area contributed by atoms with Crippen LogP contribution in [0.1, 0.15) is 13.3 Å². The third-order valence-corrected chi connectivity index (χ3v) is 3.26.